The van der Waals surface area contributed by atoms with Gasteiger partial charge in [-0.25, -0.2) is 4.39 Å². The van der Waals surface area contributed by atoms with Crippen molar-refractivity contribution in [2.24, 2.45) is 0 Å². The van der Waals surface area contributed by atoms with Gasteiger partial charge >= 0.3 is 0 Å². The molecule has 1 saturated heterocycles. The van der Waals surface area contributed by atoms with Gasteiger partial charge < -0.3 is 10.4 Å². The summed E-state index contributed by atoms with van der Waals surface area (Å²) < 4.78 is 13.3. The van der Waals surface area contributed by atoms with Gasteiger partial charge in [-0.2, -0.15) is 0 Å². The zero-order valence-electron chi connectivity index (χ0n) is 13.2. The van der Waals surface area contributed by atoms with Crippen LogP contribution in [0.4, 0.5) is 10.1 Å². The lowest BCUT2D eigenvalue weighted by Crippen LogP contribution is -2.51. The molecule has 23 heavy (non-hydrogen) atoms. The highest BCUT2D eigenvalue weighted by Gasteiger charge is 2.33. The maximum atomic E-state index is 13.3. The molecule has 0 aliphatic carbocycles. The van der Waals surface area contributed by atoms with E-state index in [-0.39, 0.29) is 18.0 Å². The average molecular weight is 314 g/mol. The van der Waals surface area contributed by atoms with Gasteiger partial charge in [-0.1, -0.05) is 36.4 Å². The highest BCUT2D eigenvalue weighted by molar-refractivity contribution is 5.46. The molecule has 0 saturated carbocycles. The summed E-state index contributed by atoms with van der Waals surface area (Å²) >= 11 is 0. The number of hydrogen-bond acceptors (Lipinski definition) is 3. The van der Waals surface area contributed by atoms with Crippen molar-refractivity contribution < 1.29 is 9.50 Å². The Kier molecular flexibility index (Phi) is 4.94. The van der Waals surface area contributed by atoms with Crippen LogP contribution in [-0.2, 0) is 6.54 Å². The number of rotatable bonds is 5. The summed E-state index contributed by atoms with van der Waals surface area (Å²) in [7, 11) is 0. The molecule has 0 atom stereocenters. The van der Waals surface area contributed by atoms with Crippen LogP contribution in [0.15, 0.2) is 54.6 Å². The second kappa shape index (κ2) is 7.11. The van der Waals surface area contributed by atoms with Crippen molar-refractivity contribution in [3.63, 3.8) is 0 Å². The number of anilines is 1. The van der Waals surface area contributed by atoms with Gasteiger partial charge in [-0.15, -0.1) is 0 Å². The predicted octanol–water partition coefficient (Wildman–Crippen LogP) is 3.26. The Labute approximate surface area is 136 Å². The summed E-state index contributed by atoms with van der Waals surface area (Å²) in [5.74, 6) is -0.260. The zero-order chi connectivity index (χ0) is 16.1. The lowest BCUT2D eigenvalue weighted by atomic mass is 9.87. The van der Waals surface area contributed by atoms with E-state index in [0.29, 0.717) is 0 Å². The van der Waals surface area contributed by atoms with Gasteiger partial charge in [0.2, 0.25) is 0 Å². The molecule has 4 heteroatoms. The summed E-state index contributed by atoms with van der Waals surface area (Å²) in [6, 6.07) is 16.9. The van der Waals surface area contributed by atoms with Gasteiger partial charge in [0.25, 0.3) is 0 Å². The van der Waals surface area contributed by atoms with Gasteiger partial charge in [-0.05, 0) is 36.6 Å². The number of aliphatic hydroxyl groups is 1. The van der Waals surface area contributed by atoms with Crippen LogP contribution >= 0.6 is 0 Å². The second-order valence-corrected chi connectivity index (χ2v) is 6.34. The molecule has 0 aromatic heterocycles. The molecule has 3 nitrogen and oxygen atoms in total. The first-order chi connectivity index (χ1) is 11.2. The number of hydrogen-bond donors (Lipinski definition) is 2. The second-order valence-electron chi connectivity index (χ2n) is 6.34. The van der Waals surface area contributed by atoms with E-state index in [4.69, 9.17) is 0 Å². The number of nitrogens with one attached hydrogen (secondary N) is 1. The number of likely N-dealkylation sites (tertiary alicyclic amines) is 1. The zero-order valence-corrected chi connectivity index (χ0v) is 13.2. The van der Waals surface area contributed by atoms with Crippen LogP contribution in [-0.4, -0.2) is 35.2 Å². The molecule has 1 heterocycles. The minimum Gasteiger partial charge on any atom is -0.394 e. The summed E-state index contributed by atoms with van der Waals surface area (Å²) in [4.78, 5) is 2.40. The van der Waals surface area contributed by atoms with Crippen LogP contribution < -0.4 is 5.32 Å². The molecule has 0 unspecified atom stereocenters. The molecular formula is C19H23FN2O. The Morgan fingerprint density at radius 2 is 1.78 bits per heavy atom. The predicted molar refractivity (Wildman–Crippen MR) is 90.8 cm³/mol. The van der Waals surface area contributed by atoms with Crippen molar-refractivity contribution in [3.8, 4) is 0 Å². The van der Waals surface area contributed by atoms with Crippen LogP contribution in [0.5, 0.6) is 0 Å². The molecule has 0 amide bonds. The average Bonchev–Trinajstić information content (AvgIpc) is 2.58. The van der Waals surface area contributed by atoms with Gasteiger partial charge in [0.1, 0.15) is 5.82 Å². The Morgan fingerprint density at radius 3 is 2.43 bits per heavy atom. The summed E-state index contributed by atoms with van der Waals surface area (Å²) in [5, 5.41) is 13.2. The monoisotopic (exact) mass is 314 g/mol. The molecule has 0 spiro atoms. The van der Waals surface area contributed by atoms with Crippen molar-refractivity contribution in [2.45, 2.75) is 24.9 Å². The highest BCUT2D eigenvalue weighted by Crippen LogP contribution is 2.27. The Hall–Kier alpha value is -1.91. The molecule has 1 aliphatic rings. The van der Waals surface area contributed by atoms with Crippen LogP contribution in [0.25, 0.3) is 0 Å². The van der Waals surface area contributed by atoms with E-state index < -0.39 is 0 Å². The third-order valence-corrected chi connectivity index (χ3v) is 4.60. The molecule has 1 fully saturated rings. The molecule has 3 rings (SSSR count). The van der Waals surface area contributed by atoms with Gasteiger partial charge in [0, 0.05) is 25.3 Å². The van der Waals surface area contributed by atoms with E-state index in [1.165, 1.54) is 17.7 Å². The van der Waals surface area contributed by atoms with E-state index in [1.807, 2.05) is 12.1 Å². The summed E-state index contributed by atoms with van der Waals surface area (Å²) in [5.41, 5.74) is 1.68. The SMILES string of the molecule is OCC1(Nc2cccc(F)c2)CCN(Cc2ccccc2)CC1. The van der Waals surface area contributed by atoms with E-state index in [2.05, 4.69) is 34.5 Å². The fraction of sp³-hybridized carbons (Fsp3) is 0.368. The fourth-order valence-electron chi connectivity index (χ4n) is 3.18. The summed E-state index contributed by atoms with van der Waals surface area (Å²) in [6.07, 6.45) is 1.68. The number of aliphatic hydroxyl groups excluding tert-OH is 1. The van der Waals surface area contributed by atoms with E-state index in [9.17, 15) is 9.50 Å². The van der Waals surface area contributed by atoms with Crippen molar-refractivity contribution in [1.82, 2.24) is 4.90 Å². The van der Waals surface area contributed by atoms with Crippen molar-refractivity contribution in [2.75, 3.05) is 25.0 Å². The fourth-order valence-corrected chi connectivity index (χ4v) is 3.18. The van der Waals surface area contributed by atoms with Crippen molar-refractivity contribution in [3.05, 3.63) is 66.0 Å². The first-order valence-corrected chi connectivity index (χ1v) is 8.10. The molecule has 0 bridgehead atoms. The topological polar surface area (TPSA) is 35.5 Å². The number of halogens is 1. The molecule has 2 N–H and O–H groups in total. The molecule has 2 aromatic rings. The molecule has 0 radical (unpaired) electrons. The molecular weight excluding hydrogens is 291 g/mol. The standard InChI is InChI=1S/C19H23FN2O/c20-17-7-4-8-18(13-17)21-19(15-23)9-11-22(12-10-19)14-16-5-2-1-3-6-16/h1-8,13,21,23H,9-12,14-15H2. The van der Waals surface area contributed by atoms with E-state index >= 15 is 0 Å². The largest absolute Gasteiger partial charge is 0.394 e. The van der Waals surface area contributed by atoms with Crippen LogP contribution in [0.1, 0.15) is 18.4 Å². The van der Waals surface area contributed by atoms with Crippen LogP contribution in [0.3, 0.4) is 0 Å². The Morgan fingerprint density at radius 1 is 1.04 bits per heavy atom. The maximum absolute atomic E-state index is 13.3. The molecule has 2 aromatic carbocycles. The number of benzene rings is 2. The number of piperidine rings is 1. The minimum absolute atomic E-state index is 0.0582. The highest BCUT2D eigenvalue weighted by atomic mass is 19.1. The smallest absolute Gasteiger partial charge is 0.125 e. The van der Waals surface area contributed by atoms with Gasteiger partial charge in [-0.3, -0.25) is 4.90 Å². The Balaban J connectivity index is 1.61. The maximum Gasteiger partial charge on any atom is 0.125 e. The van der Waals surface area contributed by atoms with Gasteiger partial charge in [0.05, 0.1) is 12.1 Å². The van der Waals surface area contributed by atoms with Crippen molar-refractivity contribution >= 4 is 5.69 Å². The normalized spacial score (nSPS) is 17.8. The quantitative estimate of drug-likeness (QED) is 0.889. The third kappa shape index (κ3) is 4.09. The van der Waals surface area contributed by atoms with Gasteiger partial charge in [0.15, 0.2) is 0 Å². The first-order valence-electron chi connectivity index (χ1n) is 8.10. The molecule has 1 aliphatic heterocycles. The van der Waals surface area contributed by atoms with E-state index in [0.717, 1.165) is 38.2 Å². The first kappa shape index (κ1) is 16.0. The van der Waals surface area contributed by atoms with Crippen LogP contribution in [0.2, 0.25) is 0 Å². The summed E-state index contributed by atoms with van der Waals surface area (Å²) in [6.45, 7) is 2.82. The van der Waals surface area contributed by atoms with Crippen LogP contribution in [0, 0.1) is 5.82 Å². The third-order valence-electron chi connectivity index (χ3n) is 4.60. The minimum atomic E-state index is -0.360. The molecule has 122 valence electrons. The lowest BCUT2D eigenvalue weighted by Gasteiger charge is -2.42. The van der Waals surface area contributed by atoms with Crippen molar-refractivity contribution in [1.29, 1.82) is 0 Å². The lowest BCUT2D eigenvalue weighted by molar-refractivity contribution is 0.115. The Bertz CT molecular complexity index is 624. The number of nitrogens with zero attached hydrogens (tertiary/aromatic N) is 1. The van der Waals surface area contributed by atoms with E-state index in [1.54, 1.807) is 6.07 Å².